The van der Waals surface area contributed by atoms with Crippen LogP contribution in [0.1, 0.15) is 22.3 Å². The first-order valence-corrected chi connectivity index (χ1v) is 9.15. The van der Waals surface area contributed by atoms with E-state index >= 15 is 0 Å². The van der Waals surface area contributed by atoms with Crippen molar-refractivity contribution >= 4 is 17.6 Å². The van der Waals surface area contributed by atoms with Crippen LogP contribution in [-0.2, 0) is 20.9 Å². The Labute approximate surface area is 166 Å². The molecule has 1 amide bonds. The van der Waals surface area contributed by atoms with Crippen molar-refractivity contribution in [3.8, 4) is 5.75 Å². The first-order chi connectivity index (χ1) is 13.3. The van der Waals surface area contributed by atoms with Gasteiger partial charge in [-0.15, -0.1) is 0 Å². The molecule has 0 saturated carbocycles. The lowest BCUT2D eigenvalue weighted by atomic mass is 10.1. The van der Waals surface area contributed by atoms with Crippen molar-refractivity contribution in [1.29, 1.82) is 0 Å². The van der Waals surface area contributed by atoms with Gasteiger partial charge in [0.2, 0.25) is 0 Å². The smallest absolute Gasteiger partial charge is 0.344 e. The van der Waals surface area contributed by atoms with Gasteiger partial charge in [0.05, 0.1) is 0 Å². The Bertz CT molecular complexity index is 806. The molecule has 150 valence electrons. The van der Waals surface area contributed by atoms with Crippen molar-refractivity contribution in [3.05, 3.63) is 58.7 Å². The van der Waals surface area contributed by atoms with Crippen molar-refractivity contribution in [2.24, 2.45) is 0 Å². The molecule has 0 unspecified atom stereocenters. The van der Waals surface area contributed by atoms with E-state index in [2.05, 4.69) is 5.32 Å². The first-order valence-electron chi connectivity index (χ1n) is 9.15. The number of hydrogen-bond donors (Lipinski definition) is 1. The molecular formula is C22H28N2O4. The number of rotatable bonds is 8. The highest BCUT2D eigenvalue weighted by Gasteiger charge is 2.11. The number of nitrogens with one attached hydrogen (secondary N) is 1. The van der Waals surface area contributed by atoms with Crippen LogP contribution in [0, 0.1) is 20.8 Å². The zero-order valence-electron chi connectivity index (χ0n) is 17.2. The molecule has 0 atom stereocenters. The molecule has 2 aromatic rings. The van der Waals surface area contributed by atoms with Crippen LogP contribution in [-0.4, -0.2) is 39.2 Å². The van der Waals surface area contributed by atoms with E-state index in [0.717, 1.165) is 27.9 Å². The maximum Gasteiger partial charge on any atom is 0.344 e. The Hall–Kier alpha value is -3.02. The molecule has 0 radical (unpaired) electrons. The fraction of sp³-hybridized carbons (Fsp3) is 0.364. The molecule has 2 aromatic carbocycles. The molecule has 0 bridgehead atoms. The third-order valence-electron chi connectivity index (χ3n) is 4.25. The second-order valence-corrected chi connectivity index (χ2v) is 7.01. The third kappa shape index (κ3) is 6.30. The number of ether oxygens (including phenoxy) is 2. The van der Waals surface area contributed by atoms with Crippen LogP contribution in [0.4, 0.5) is 5.69 Å². The Morgan fingerprint density at radius 1 is 0.964 bits per heavy atom. The van der Waals surface area contributed by atoms with Crippen LogP contribution in [0.15, 0.2) is 36.4 Å². The minimum Gasteiger partial charge on any atom is -0.481 e. The second-order valence-electron chi connectivity index (χ2n) is 7.01. The van der Waals surface area contributed by atoms with E-state index in [4.69, 9.17) is 9.47 Å². The number of nitrogens with zero attached hydrogens (tertiary/aromatic N) is 1. The van der Waals surface area contributed by atoms with Gasteiger partial charge in [0.15, 0.2) is 13.2 Å². The van der Waals surface area contributed by atoms with Crippen molar-refractivity contribution in [1.82, 2.24) is 5.32 Å². The number of esters is 1. The van der Waals surface area contributed by atoms with Crippen LogP contribution >= 0.6 is 0 Å². The number of anilines is 1. The van der Waals surface area contributed by atoms with Gasteiger partial charge in [-0.25, -0.2) is 4.79 Å². The standard InChI is InChI=1S/C22H28N2O4/c1-15-10-16(2)22(17(3)11-15)28-14-21(26)27-13-20(25)23-12-18-6-8-19(9-7-18)24(4)5/h6-11H,12-14H2,1-5H3,(H,23,25). The maximum absolute atomic E-state index is 11.9. The molecule has 0 spiro atoms. The van der Waals surface area contributed by atoms with Crippen LogP contribution in [0.3, 0.4) is 0 Å². The van der Waals surface area contributed by atoms with Gasteiger partial charge in [0, 0.05) is 26.3 Å². The molecule has 1 N–H and O–H groups in total. The summed E-state index contributed by atoms with van der Waals surface area (Å²) in [6.07, 6.45) is 0. The number of benzene rings is 2. The Morgan fingerprint density at radius 2 is 1.57 bits per heavy atom. The summed E-state index contributed by atoms with van der Waals surface area (Å²) in [6.45, 7) is 5.68. The summed E-state index contributed by atoms with van der Waals surface area (Å²) in [5.41, 5.74) is 5.12. The highest BCUT2D eigenvalue weighted by Crippen LogP contribution is 2.24. The van der Waals surface area contributed by atoms with E-state index in [1.54, 1.807) is 0 Å². The van der Waals surface area contributed by atoms with Gasteiger partial charge in [-0.1, -0.05) is 29.8 Å². The fourth-order valence-corrected chi connectivity index (χ4v) is 2.88. The summed E-state index contributed by atoms with van der Waals surface area (Å²) in [4.78, 5) is 25.7. The number of carbonyl (C=O) groups is 2. The van der Waals surface area contributed by atoms with E-state index in [0.29, 0.717) is 12.3 Å². The average molecular weight is 384 g/mol. The molecule has 6 nitrogen and oxygen atoms in total. The highest BCUT2D eigenvalue weighted by atomic mass is 16.6. The zero-order chi connectivity index (χ0) is 20.7. The summed E-state index contributed by atoms with van der Waals surface area (Å²) in [7, 11) is 3.94. The Morgan fingerprint density at radius 3 is 2.14 bits per heavy atom. The summed E-state index contributed by atoms with van der Waals surface area (Å²) in [6, 6.07) is 11.8. The predicted molar refractivity (Wildman–Crippen MR) is 110 cm³/mol. The molecule has 0 saturated heterocycles. The molecule has 6 heteroatoms. The normalized spacial score (nSPS) is 10.3. The van der Waals surface area contributed by atoms with E-state index in [-0.39, 0.29) is 19.1 Å². The Balaban J connectivity index is 1.73. The summed E-state index contributed by atoms with van der Waals surface area (Å²) >= 11 is 0. The van der Waals surface area contributed by atoms with E-state index in [9.17, 15) is 9.59 Å². The molecule has 0 aliphatic rings. The van der Waals surface area contributed by atoms with Crippen LogP contribution in [0.5, 0.6) is 5.75 Å². The molecule has 0 heterocycles. The summed E-state index contributed by atoms with van der Waals surface area (Å²) in [5, 5.41) is 2.73. The SMILES string of the molecule is Cc1cc(C)c(OCC(=O)OCC(=O)NCc2ccc(N(C)C)cc2)c(C)c1. The van der Waals surface area contributed by atoms with Crippen LogP contribution < -0.4 is 15.0 Å². The summed E-state index contributed by atoms with van der Waals surface area (Å²) < 4.78 is 10.6. The lowest BCUT2D eigenvalue weighted by Gasteiger charge is -2.13. The van der Waals surface area contributed by atoms with E-state index < -0.39 is 5.97 Å². The summed E-state index contributed by atoms with van der Waals surface area (Å²) in [5.74, 6) is -0.259. The van der Waals surface area contributed by atoms with Gasteiger partial charge in [-0.2, -0.15) is 0 Å². The van der Waals surface area contributed by atoms with Gasteiger partial charge in [0.1, 0.15) is 5.75 Å². The average Bonchev–Trinajstić information content (AvgIpc) is 2.64. The lowest BCUT2D eigenvalue weighted by molar-refractivity contribution is -0.150. The highest BCUT2D eigenvalue weighted by molar-refractivity contribution is 5.80. The predicted octanol–water partition coefficient (Wildman–Crippen LogP) is 2.92. The minimum absolute atomic E-state index is 0.232. The Kier molecular flexibility index (Phi) is 7.44. The van der Waals surface area contributed by atoms with Crippen LogP contribution in [0.2, 0.25) is 0 Å². The lowest BCUT2D eigenvalue weighted by Crippen LogP contribution is -2.29. The molecule has 28 heavy (non-hydrogen) atoms. The van der Waals surface area contributed by atoms with Gasteiger partial charge in [-0.3, -0.25) is 4.79 Å². The molecule has 2 rings (SSSR count). The molecule has 0 aliphatic heterocycles. The van der Waals surface area contributed by atoms with Crippen LogP contribution in [0.25, 0.3) is 0 Å². The molecule has 0 aromatic heterocycles. The minimum atomic E-state index is -0.579. The van der Waals surface area contributed by atoms with E-state index in [1.807, 2.05) is 76.2 Å². The van der Waals surface area contributed by atoms with Crippen molar-refractivity contribution in [2.75, 3.05) is 32.2 Å². The first kappa shape index (κ1) is 21.3. The van der Waals surface area contributed by atoms with Gasteiger partial charge >= 0.3 is 5.97 Å². The van der Waals surface area contributed by atoms with Gasteiger partial charge < -0.3 is 19.7 Å². The topological polar surface area (TPSA) is 67.9 Å². The van der Waals surface area contributed by atoms with Crippen molar-refractivity contribution in [2.45, 2.75) is 27.3 Å². The van der Waals surface area contributed by atoms with E-state index in [1.165, 1.54) is 0 Å². The number of amides is 1. The third-order valence-corrected chi connectivity index (χ3v) is 4.25. The maximum atomic E-state index is 11.9. The number of hydrogen-bond acceptors (Lipinski definition) is 5. The van der Waals surface area contributed by atoms with Crippen molar-refractivity contribution < 1.29 is 19.1 Å². The van der Waals surface area contributed by atoms with Gasteiger partial charge in [0.25, 0.3) is 5.91 Å². The molecular weight excluding hydrogens is 356 g/mol. The molecule has 0 aliphatic carbocycles. The number of carbonyl (C=O) groups excluding carboxylic acids is 2. The molecule has 0 fully saturated rings. The fourth-order valence-electron chi connectivity index (χ4n) is 2.88. The number of aryl methyl sites for hydroxylation is 3. The van der Waals surface area contributed by atoms with Gasteiger partial charge in [-0.05, 0) is 49.6 Å². The zero-order valence-corrected chi connectivity index (χ0v) is 17.2. The second kappa shape index (κ2) is 9.78. The monoisotopic (exact) mass is 384 g/mol. The quantitative estimate of drug-likeness (QED) is 0.709. The van der Waals surface area contributed by atoms with Crippen molar-refractivity contribution in [3.63, 3.8) is 0 Å². The largest absolute Gasteiger partial charge is 0.481 e.